The number of carbonyl (C=O) groups is 1. The quantitative estimate of drug-likeness (QED) is 0.505. The van der Waals surface area contributed by atoms with Crippen LogP contribution in [0.25, 0.3) is 0 Å². The van der Waals surface area contributed by atoms with Gasteiger partial charge >= 0.3 is 0 Å². The Balaban J connectivity index is 1.38. The molecule has 1 fully saturated rings. The van der Waals surface area contributed by atoms with Crippen LogP contribution in [-0.2, 0) is 4.74 Å². The average molecular weight is 486 g/mol. The lowest BCUT2D eigenvalue weighted by Gasteiger charge is -2.20. The normalized spacial score (nSPS) is 30.1. The Labute approximate surface area is 202 Å². The number of amidine groups is 1. The molecule has 0 radical (unpaired) electrons. The van der Waals surface area contributed by atoms with E-state index in [0.29, 0.717) is 18.2 Å². The first-order valence-electron chi connectivity index (χ1n) is 11.6. The molecule has 9 heteroatoms. The zero-order valence-electron chi connectivity index (χ0n) is 19.4. The largest absolute Gasteiger partial charge is 0.376 e. The van der Waals surface area contributed by atoms with Crippen LogP contribution in [0.4, 0.5) is 0 Å². The highest BCUT2D eigenvalue weighted by atomic mass is 35.5. The number of nitrogens with one attached hydrogen (secondary N) is 1. The summed E-state index contributed by atoms with van der Waals surface area (Å²) in [7, 11) is -0.167. The molecule has 0 aromatic carbocycles. The van der Waals surface area contributed by atoms with Crippen molar-refractivity contribution < 1.29 is 9.53 Å². The van der Waals surface area contributed by atoms with Gasteiger partial charge in [-0.25, -0.2) is 9.98 Å². The second kappa shape index (κ2) is 10.8. The minimum atomic E-state index is -0.181. The third kappa shape index (κ3) is 6.05. The number of halogens is 1. The minimum absolute atomic E-state index is 0.0114. The number of aromatic nitrogens is 2. The molecule has 1 aliphatic carbocycles. The van der Waals surface area contributed by atoms with E-state index in [0.717, 1.165) is 42.9 Å². The number of alkyl halides is 1. The van der Waals surface area contributed by atoms with E-state index < -0.39 is 0 Å². The molecule has 1 N–H and O–H groups in total. The Morgan fingerprint density at radius 3 is 3.03 bits per heavy atom. The number of amides is 1. The molecule has 5 atom stereocenters. The monoisotopic (exact) mass is 485 g/mol. The van der Waals surface area contributed by atoms with Crippen molar-refractivity contribution >= 4 is 32.7 Å². The van der Waals surface area contributed by atoms with E-state index in [-0.39, 0.29) is 38.3 Å². The molecule has 0 bridgehead atoms. The van der Waals surface area contributed by atoms with Crippen molar-refractivity contribution in [2.75, 3.05) is 13.2 Å². The lowest BCUT2D eigenvalue weighted by Crippen LogP contribution is -2.27. The van der Waals surface area contributed by atoms with Crippen molar-refractivity contribution in [2.45, 2.75) is 57.2 Å². The summed E-state index contributed by atoms with van der Waals surface area (Å²) >= 11 is 6.16. The SMILES string of the molecule is CC1=CN=C(N=[SiH]C2OCCC2C)C(C)CC1n1cnc(C(=O)NCC2=CC=CC(Cl)C2)c1. The molecule has 1 aromatic heterocycles. The predicted octanol–water partition coefficient (Wildman–Crippen LogP) is 3.99. The topological polar surface area (TPSA) is 80.9 Å². The fourth-order valence-corrected chi connectivity index (χ4v) is 5.93. The zero-order chi connectivity index (χ0) is 23.4. The molecular formula is C24H32ClN5O2Si. The lowest BCUT2D eigenvalue weighted by atomic mass is 9.97. The van der Waals surface area contributed by atoms with Crippen LogP contribution in [0.2, 0.25) is 0 Å². The number of hydrogen-bond donors (Lipinski definition) is 1. The van der Waals surface area contributed by atoms with Gasteiger partial charge in [0.1, 0.15) is 20.8 Å². The number of aliphatic imine (C=N–C) groups is 1. The molecule has 1 saturated heterocycles. The van der Waals surface area contributed by atoms with Gasteiger partial charge in [-0.3, -0.25) is 9.43 Å². The Morgan fingerprint density at radius 2 is 2.27 bits per heavy atom. The number of rotatable bonds is 5. The van der Waals surface area contributed by atoms with Gasteiger partial charge < -0.3 is 14.6 Å². The van der Waals surface area contributed by atoms with E-state index in [2.05, 4.69) is 31.1 Å². The standard InChI is InChI=1S/C24H32ClN5O2Si/c1-15-7-8-32-24(15)33-29-22-16(2)9-21(17(3)11-26-22)30-13-20(28-14-30)23(31)27-12-18-5-4-6-19(25)10-18/h4-6,11,13-16,19,21,24,33H,7-10,12H2,1-3H3,(H,27,31). The molecule has 0 saturated carbocycles. The maximum atomic E-state index is 12.6. The molecular weight excluding hydrogens is 454 g/mol. The number of imidazole rings is 1. The maximum absolute atomic E-state index is 12.6. The molecule has 176 valence electrons. The van der Waals surface area contributed by atoms with Gasteiger partial charge in [0, 0.05) is 31.5 Å². The third-order valence-corrected chi connectivity index (χ3v) is 8.38. The van der Waals surface area contributed by atoms with Gasteiger partial charge in [-0.05, 0) is 43.3 Å². The summed E-state index contributed by atoms with van der Waals surface area (Å²) in [5, 5.41) is 2.94. The highest BCUT2D eigenvalue weighted by Crippen LogP contribution is 2.29. The van der Waals surface area contributed by atoms with Crippen molar-refractivity contribution in [3.63, 3.8) is 0 Å². The summed E-state index contributed by atoms with van der Waals surface area (Å²) in [6.45, 7) is 7.80. The highest BCUT2D eigenvalue weighted by Gasteiger charge is 2.26. The van der Waals surface area contributed by atoms with E-state index in [1.807, 2.05) is 35.2 Å². The molecule has 5 unspecified atom stereocenters. The maximum Gasteiger partial charge on any atom is 0.271 e. The van der Waals surface area contributed by atoms with Crippen molar-refractivity contribution in [3.05, 3.63) is 53.8 Å². The van der Waals surface area contributed by atoms with Gasteiger partial charge in [0.15, 0.2) is 0 Å². The molecule has 7 nitrogen and oxygen atoms in total. The number of nitrogens with zero attached hydrogens (tertiary/aromatic N) is 4. The van der Waals surface area contributed by atoms with Crippen LogP contribution in [0, 0.1) is 11.8 Å². The number of ether oxygens (including phenoxy) is 1. The molecule has 0 spiro atoms. The van der Waals surface area contributed by atoms with Crippen molar-refractivity contribution in [1.29, 1.82) is 0 Å². The van der Waals surface area contributed by atoms with Crippen molar-refractivity contribution in [2.24, 2.45) is 21.5 Å². The summed E-state index contributed by atoms with van der Waals surface area (Å²) < 4.78 is 12.7. The Kier molecular flexibility index (Phi) is 7.88. The van der Waals surface area contributed by atoms with E-state index in [4.69, 9.17) is 26.0 Å². The van der Waals surface area contributed by atoms with Crippen LogP contribution in [0.1, 0.15) is 56.6 Å². The fourth-order valence-electron chi connectivity index (χ4n) is 4.32. The summed E-state index contributed by atoms with van der Waals surface area (Å²) in [6.07, 6.45) is 14.1. The molecule has 1 aromatic rings. The Bertz CT molecular complexity index is 1030. The molecule has 1 amide bonds. The summed E-state index contributed by atoms with van der Waals surface area (Å²) in [4.78, 5) is 21.7. The number of hydrogen-bond acceptors (Lipinski definition) is 5. The van der Waals surface area contributed by atoms with Gasteiger partial charge in [0.2, 0.25) is 0 Å². The van der Waals surface area contributed by atoms with E-state index >= 15 is 0 Å². The minimum Gasteiger partial charge on any atom is -0.376 e. The van der Waals surface area contributed by atoms with Crippen LogP contribution in [-0.4, -0.2) is 54.9 Å². The first-order chi connectivity index (χ1) is 15.9. The summed E-state index contributed by atoms with van der Waals surface area (Å²) in [5.74, 6) is 1.51. The third-order valence-electron chi connectivity index (χ3n) is 6.52. The number of carbonyl (C=O) groups excluding carboxylic acids is 1. The first kappa shape index (κ1) is 24.0. The van der Waals surface area contributed by atoms with E-state index in [1.165, 1.54) is 0 Å². The Hall–Kier alpha value is -2.16. The van der Waals surface area contributed by atoms with Crippen molar-refractivity contribution in [1.82, 2.24) is 14.9 Å². The first-order valence-corrected chi connectivity index (χ1v) is 13.2. The van der Waals surface area contributed by atoms with Gasteiger partial charge in [0.05, 0.1) is 23.5 Å². The molecule has 2 aliphatic heterocycles. The van der Waals surface area contributed by atoms with Crippen LogP contribution in [0.5, 0.6) is 0 Å². The zero-order valence-corrected chi connectivity index (χ0v) is 21.4. The van der Waals surface area contributed by atoms with Gasteiger partial charge in [-0.1, -0.05) is 32.1 Å². The molecule has 33 heavy (non-hydrogen) atoms. The summed E-state index contributed by atoms with van der Waals surface area (Å²) in [5.41, 5.74) is 2.92. The van der Waals surface area contributed by atoms with Crippen molar-refractivity contribution in [3.8, 4) is 0 Å². The predicted molar refractivity (Wildman–Crippen MR) is 133 cm³/mol. The molecule has 3 aliphatic rings. The van der Waals surface area contributed by atoms with Crippen LogP contribution in [0.3, 0.4) is 0 Å². The highest BCUT2D eigenvalue weighted by molar-refractivity contribution is 6.28. The summed E-state index contributed by atoms with van der Waals surface area (Å²) in [6, 6.07) is 0.0883. The average Bonchev–Trinajstić information content (AvgIpc) is 3.42. The van der Waals surface area contributed by atoms with Crippen LogP contribution in [0.15, 0.2) is 57.7 Å². The van der Waals surface area contributed by atoms with Gasteiger partial charge in [0.25, 0.3) is 5.91 Å². The number of allylic oxidation sites excluding steroid dienone is 4. The van der Waals surface area contributed by atoms with Gasteiger partial charge in [-0.15, -0.1) is 11.6 Å². The smallest absolute Gasteiger partial charge is 0.271 e. The lowest BCUT2D eigenvalue weighted by molar-refractivity contribution is 0.0952. The van der Waals surface area contributed by atoms with Gasteiger partial charge in [-0.2, -0.15) is 0 Å². The molecule has 4 rings (SSSR count). The van der Waals surface area contributed by atoms with Crippen LogP contribution < -0.4 is 5.32 Å². The Morgan fingerprint density at radius 1 is 1.42 bits per heavy atom. The second-order valence-corrected chi connectivity index (χ2v) is 11.0. The van der Waals surface area contributed by atoms with Crippen LogP contribution >= 0.6 is 11.6 Å². The van der Waals surface area contributed by atoms with E-state index in [1.54, 1.807) is 6.33 Å². The second-order valence-electron chi connectivity index (χ2n) is 9.21. The molecule has 3 heterocycles. The van der Waals surface area contributed by atoms with E-state index in [9.17, 15) is 4.79 Å². The fraction of sp³-hybridized carbons (Fsp3) is 0.542.